The Hall–Kier alpha value is -0.310. The quantitative estimate of drug-likeness (QED) is 0.641. The van der Waals surface area contributed by atoms with Crippen molar-refractivity contribution in [1.29, 1.82) is 0 Å². The zero-order valence-corrected chi connectivity index (χ0v) is 12.8. The number of rotatable bonds is 4. The molecule has 0 N–H and O–H groups in total. The number of aryl methyl sites for hydroxylation is 1. The van der Waals surface area contributed by atoms with Gasteiger partial charge in [-0.15, -0.1) is 22.9 Å². The molecule has 17 heavy (non-hydrogen) atoms. The first kappa shape index (κ1) is 13.1. The highest BCUT2D eigenvalue weighted by Gasteiger charge is 2.13. The van der Waals surface area contributed by atoms with E-state index in [0.29, 0.717) is 0 Å². The van der Waals surface area contributed by atoms with Crippen molar-refractivity contribution in [2.45, 2.75) is 25.1 Å². The van der Waals surface area contributed by atoms with E-state index in [1.165, 1.54) is 16.0 Å². The summed E-state index contributed by atoms with van der Waals surface area (Å²) in [5.74, 6) is 0. The number of thiophene rings is 1. The lowest BCUT2D eigenvalue weighted by Crippen LogP contribution is -1.96. The van der Waals surface area contributed by atoms with E-state index in [4.69, 9.17) is 11.6 Å². The van der Waals surface area contributed by atoms with Crippen LogP contribution in [0.25, 0.3) is 0 Å². The number of hydrogen-bond acceptors (Lipinski definition) is 1. The minimum atomic E-state index is 0.0890. The zero-order valence-electron chi connectivity index (χ0n) is 9.62. The third-order valence-electron chi connectivity index (χ3n) is 2.77. The van der Waals surface area contributed by atoms with Crippen LogP contribution in [0.3, 0.4) is 0 Å². The van der Waals surface area contributed by atoms with Gasteiger partial charge >= 0.3 is 0 Å². The molecule has 90 valence electrons. The van der Waals surface area contributed by atoms with Crippen LogP contribution in [0.4, 0.5) is 0 Å². The maximum absolute atomic E-state index is 6.50. The van der Waals surface area contributed by atoms with Crippen molar-refractivity contribution < 1.29 is 0 Å². The molecule has 0 nitrogen and oxygen atoms in total. The summed E-state index contributed by atoms with van der Waals surface area (Å²) < 4.78 is 1.11. The maximum Gasteiger partial charge on any atom is 0.0721 e. The van der Waals surface area contributed by atoms with Gasteiger partial charge in [-0.2, -0.15) is 0 Å². The summed E-state index contributed by atoms with van der Waals surface area (Å²) in [4.78, 5) is 1.32. The molecule has 0 spiro atoms. The second-order valence-electron chi connectivity index (χ2n) is 3.96. The summed E-state index contributed by atoms with van der Waals surface area (Å²) >= 11 is 11.7. The lowest BCUT2D eigenvalue weighted by atomic mass is 10.1. The Bertz CT molecular complexity index is 475. The molecular weight excluding hydrogens is 316 g/mol. The van der Waals surface area contributed by atoms with Gasteiger partial charge in [-0.05, 0) is 47.5 Å². The molecular formula is C14H14BrClS. The molecule has 1 aromatic heterocycles. The van der Waals surface area contributed by atoms with E-state index in [-0.39, 0.29) is 5.38 Å². The molecule has 1 aromatic carbocycles. The van der Waals surface area contributed by atoms with Crippen LogP contribution in [0, 0.1) is 0 Å². The van der Waals surface area contributed by atoms with E-state index >= 15 is 0 Å². The molecule has 0 aliphatic rings. The molecule has 0 aliphatic heterocycles. The number of halogens is 2. The molecule has 0 radical (unpaired) electrons. The number of alkyl halides is 1. The second kappa shape index (κ2) is 6.03. The van der Waals surface area contributed by atoms with Gasteiger partial charge in [0.1, 0.15) is 0 Å². The maximum atomic E-state index is 6.50. The van der Waals surface area contributed by atoms with Gasteiger partial charge in [0.15, 0.2) is 0 Å². The van der Waals surface area contributed by atoms with Gasteiger partial charge in [0.05, 0.1) is 5.38 Å². The van der Waals surface area contributed by atoms with Crippen molar-refractivity contribution in [2.75, 3.05) is 0 Å². The molecule has 1 unspecified atom stereocenters. The largest absolute Gasteiger partial charge is 0.147 e. The van der Waals surface area contributed by atoms with Crippen molar-refractivity contribution in [3.63, 3.8) is 0 Å². The van der Waals surface area contributed by atoms with E-state index in [0.717, 1.165) is 17.3 Å². The molecule has 2 rings (SSSR count). The van der Waals surface area contributed by atoms with Gasteiger partial charge in [-0.25, -0.2) is 0 Å². The second-order valence-corrected chi connectivity index (χ2v) is 6.35. The Morgan fingerprint density at radius 3 is 2.59 bits per heavy atom. The summed E-state index contributed by atoms with van der Waals surface area (Å²) in [6, 6.07) is 10.6. The molecule has 0 amide bonds. The standard InChI is InChI=1S/C14H14BrClS/c1-2-11-7-8-17-14(11)13(16)9-10-3-5-12(15)6-4-10/h3-8,13H,2,9H2,1H3. The van der Waals surface area contributed by atoms with Crippen LogP contribution in [0.15, 0.2) is 40.2 Å². The van der Waals surface area contributed by atoms with Crippen molar-refractivity contribution in [2.24, 2.45) is 0 Å². The van der Waals surface area contributed by atoms with Crippen LogP contribution < -0.4 is 0 Å². The van der Waals surface area contributed by atoms with E-state index in [9.17, 15) is 0 Å². The molecule has 2 aromatic rings. The first-order chi connectivity index (χ1) is 8.20. The first-order valence-corrected chi connectivity index (χ1v) is 7.76. The average molecular weight is 330 g/mol. The van der Waals surface area contributed by atoms with Gasteiger partial charge in [0.25, 0.3) is 0 Å². The Kier molecular flexibility index (Phi) is 4.66. The minimum absolute atomic E-state index is 0.0890. The van der Waals surface area contributed by atoms with Crippen LogP contribution in [-0.4, -0.2) is 0 Å². The molecule has 0 bridgehead atoms. The SMILES string of the molecule is CCc1ccsc1C(Cl)Cc1ccc(Br)cc1. The Labute approximate surface area is 120 Å². The van der Waals surface area contributed by atoms with Gasteiger partial charge in [-0.1, -0.05) is 35.0 Å². The fourth-order valence-electron chi connectivity index (χ4n) is 1.83. The molecule has 0 saturated heterocycles. The molecule has 0 fully saturated rings. The third kappa shape index (κ3) is 3.34. The summed E-state index contributed by atoms with van der Waals surface area (Å²) in [7, 11) is 0. The van der Waals surface area contributed by atoms with Gasteiger partial charge in [-0.3, -0.25) is 0 Å². The summed E-state index contributed by atoms with van der Waals surface area (Å²) in [6.45, 7) is 2.18. The molecule has 1 heterocycles. The van der Waals surface area contributed by atoms with E-state index in [1.54, 1.807) is 11.3 Å². The van der Waals surface area contributed by atoms with E-state index in [2.05, 4.69) is 58.6 Å². The van der Waals surface area contributed by atoms with Crippen LogP contribution in [-0.2, 0) is 12.8 Å². The highest BCUT2D eigenvalue weighted by Crippen LogP contribution is 2.32. The predicted octanol–water partition coefficient (Wildman–Crippen LogP) is 5.60. The highest BCUT2D eigenvalue weighted by atomic mass is 79.9. The van der Waals surface area contributed by atoms with Crippen LogP contribution in [0.5, 0.6) is 0 Å². The molecule has 3 heteroatoms. The molecule has 1 atom stereocenters. The Morgan fingerprint density at radius 1 is 1.24 bits per heavy atom. The fourth-order valence-corrected chi connectivity index (χ4v) is 3.55. The third-order valence-corrected chi connectivity index (χ3v) is 4.88. The zero-order chi connectivity index (χ0) is 12.3. The smallest absolute Gasteiger partial charge is 0.0721 e. The molecule has 0 aliphatic carbocycles. The Morgan fingerprint density at radius 2 is 1.94 bits per heavy atom. The highest BCUT2D eigenvalue weighted by molar-refractivity contribution is 9.10. The number of hydrogen-bond donors (Lipinski definition) is 0. The van der Waals surface area contributed by atoms with E-state index < -0.39 is 0 Å². The van der Waals surface area contributed by atoms with E-state index in [1.807, 2.05) is 0 Å². The van der Waals surface area contributed by atoms with Crippen molar-refractivity contribution >= 4 is 38.9 Å². The summed E-state index contributed by atoms with van der Waals surface area (Å²) in [6.07, 6.45) is 1.95. The topological polar surface area (TPSA) is 0 Å². The first-order valence-electron chi connectivity index (χ1n) is 5.65. The summed E-state index contributed by atoms with van der Waals surface area (Å²) in [5.41, 5.74) is 2.66. The lowest BCUT2D eigenvalue weighted by Gasteiger charge is -2.10. The van der Waals surface area contributed by atoms with Crippen molar-refractivity contribution in [3.8, 4) is 0 Å². The molecule has 0 saturated carbocycles. The normalized spacial score (nSPS) is 12.6. The fraction of sp³-hybridized carbons (Fsp3) is 0.286. The Balaban J connectivity index is 2.11. The van der Waals surface area contributed by atoms with Crippen molar-refractivity contribution in [3.05, 3.63) is 56.2 Å². The number of benzene rings is 1. The van der Waals surface area contributed by atoms with Crippen LogP contribution in [0.2, 0.25) is 0 Å². The minimum Gasteiger partial charge on any atom is -0.147 e. The average Bonchev–Trinajstić information content (AvgIpc) is 2.80. The summed E-state index contributed by atoms with van der Waals surface area (Å²) in [5, 5.41) is 2.22. The van der Waals surface area contributed by atoms with Gasteiger partial charge in [0.2, 0.25) is 0 Å². The lowest BCUT2D eigenvalue weighted by molar-refractivity contribution is 0.919. The van der Waals surface area contributed by atoms with Gasteiger partial charge in [0, 0.05) is 9.35 Å². The van der Waals surface area contributed by atoms with Gasteiger partial charge < -0.3 is 0 Å². The van der Waals surface area contributed by atoms with Crippen LogP contribution >= 0.6 is 38.9 Å². The van der Waals surface area contributed by atoms with Crippen molar-refractivity contribution in [1.82, 2.24) is 0 Å². The van der Waals surface area contributed by atoms with Crippen LogP contribution in [0.1, 0.15) is 28.3 Å². The monoisotopic (exact) mass is 328 g/mol. The predicted molar refractivity (Wildman–Crippen MR) is 80.1 cm³/mol.